The van der Waals surface area contributed by atoms with Crippen molar-refractivity contribution in [2.24, 2.45) is 5.92 Å². The van der Waals surface area contributed by atoms with Gasteiger partial charge in [-0.25, -0.2) is 61.1 Å². The first-order chi connectivity index (χ1) is 19.0. The minimum Gasteiger partial charge on any atom is -0.868 e. The third kappa shape index (κ3) is 9.61. The van der Waals surface area contributed by atoms with Gasteiger partial charge in [0.15, 0.2) is 58.2 Å². The smallest absolute Gasteiger partial charge is 0.868 e. The van der Waals surface area contributed by atoms with Crippen LogP contribution in [0.25, 0.3) is 0 Å². The summed E-state index contributed by atoms with van der Waals surface area (Å²) in [6.07, 6.45) is 14.4. The van der Waals surface area contributed by atoms with E-state index in [1.54, 1.807) is 0 Å². The van der Waals surface area contributed by atoms with Gasteiger partial charge in [0.1, 0.15) is 0 Å². The van der Waals surface area contributed by atoms with E-state index in [4.69, 9.17) is 0 Å². The Balaban J connectivity index is 0.000000536. The van der Waals surface area contributed by atoms with Crippen molar-refractivity contribution in [2.75, 3.05) is 0 Å². The fourth-order valence-corrected chi connectivity index (χ4v) is 3.22. The first-order valence-electron chi connectivity index (χ1n) is 11.9. The molecule has 226 valence electrons. The summed E-state index contributed by atoms with van der Waals surface area (Å²) in [7, 11) is 0. The molecule has 2 aromatic rings. The summed E-state index contributed by atoms with van der Waals surface area (Å²) in [5.74, 6) is -26.6. The molecule has 4 rings (SSSR count). The molecule has 0 N–H and O–H groups in total. The van der Waals surface area contributed by atoms with Gasteiger partial charge in [-0.1, -0.05) is 46.5 Å². The number of hydrogen-bond donors (Lipinski definition) is 0. The molecule has 2 aromatic carbocycles. The monoisotopic (exact) mass is 684 g/mol. The van der Waals surface area contributed by atoms with Gasteiger partial charge < -0.3 is 10.2 Å². The van der Waals surface area contributed by atoms with Crippen LogP contribution in [0.15, 0.2) is 34.4 Å². The summed E-state index contributed by atoms with van der Waals surface area (Å²) >= 11 is 0. The van der Waals surface area contributed by atoms with E-state index in [0.29, 0.717) is 5.92 Å². The molecule has 0 aromatic heterocycles. The molecule has 42 heavy (non-hydrogen) atoms. The zero-order valence-corrected chi connectivity index (χ0v) is 25.4. The van der Waals surface area contributed by atoms with E-state index in [-0.39, 0.29) is 26.2 Å². The first kappa shape index (κ1) is 39.2. The van der Waals surface area contributed by atoms with Gasteiger partial charge in [-0.05, 0) is 11.5 Å². The topological polar surface area (TPSA) is 46.1 Å². The first-order valence-corrected chi connectivity index (χ1v) is 11.9. The van der Waals surface area contributed by atoms with Crippen molar-refractivity contribution >= 4 is 0 Å². The Bertz CT molecular complexity index is 1120. The molecule has 2 aliphatic rings. The summed E-state index contributed by atoms with van der Waals surface area (Å²) in [5, 5.41) is 20.3. The van der Waals surface area contributed by atoms with E-state index >= 15 is 0 Å². The van der Waals surface area contributed by atoms with Crippen molar-refractivity contribution in [1.29, 1.82) is 0 Å². The van der Waals surface area contributed by atoms with Crippen LogP contribution in [-0.4, -0.2) is 0 Å². The van der Waals surface area contributed by atoms with E-state index in [9.17, 15) is 54.1 Å². The molecule has 0 radical (unpaired) electrons. The van der Waals surface area contributed by atoms with E-state index in [2.05, 4.69) is 58.9 Å². The quantitative estimate of drug-likeness (QED) is 0.139. The summed E-state index contributed by atoms with van der Waals surface area (Å²) in [5.41, 5.74) is 5.64. The summed E-state index contributed by atoms with van der Waals surface area (Å²) in [6.45, 7) is 10.9. The minimum absolute atomic E-state index is 0. The number of rotatable bonds is 2. The van der Waals surface area contributed by atoms with Crippen LogP contribution in [-0.2, 0) is 26.2 Å². The number of allylic oxidation sites excluding steroid dienone is 8. The normalized spacial score (nSPS) is 15.0. The van der Waals surface area contributed by atoms with Gasteiger partial charge in [0.2, 0.25) is 0 Å². The standard InChI is InChI=1S/C9H13.C8H11.2C6HF5O.Zr/c1-6-5-7(2)9(4)8(6)3;1-2-5-8-6-3-4-7-8;2*7-1-2(8)4(10)6(12)5(11)3(1)9;/h6H,1-4H3;3,6H,2,4-5H2,1H3;2*12H;/q2*-1;;;+4/p-2. The summed E-state index contributed by atoms with van der Waals surface area (Å²) < 4.78 is 121. The largest absolute Gasteiger partial charge is 4.00 e. The second-order valence-corrected chi connectivity index (χ2v) is 8.66. The van der Waals surface area contributed by atoms with Crippen molar-refractivity contribution in [3.05, 3.63) is 105 Å². The molecular formula is C29H24F10O2Zr. The van der Waals surface area contributed by atoms with E-state index in [1.807, 2.05) is 0 Å². The molecule has 13 heteroatoms. The second kappa shape index (κ2) is 17.3. The van der Waals surface area contributed by atoms with Crippen LogP contribution in [0.5, 0.6) is 11.5 Å². The fourth-order valence-electron chi connectivity index (χ4n) is 3.22. The molecule has 1 atom stereocenters. The van der Waals surface area contributed by atoms with Gasteiger partial charge in [-0.2, -0.15) is 17.2 Å². The molecule has 0 bridgehead atoms. The van der Waals surface area contributed by atoms with Gasteiger partial charge in [-0.3, -0.25) is 12.2 Å². The van der Waals surface area contributed by atoms with Crippen LogP contribution in [0.3, 0.4) is 0 Å². The van der Waals surface area contributed by atoms with Crippen molar-refractivity contribution in [2.45, 2.75) is 53.9 Å². The fraction of sp³-hybridized carbons (Fsp3) is 0.310. The van der Waals surface area contributed by atoms with Crippen LogP contribution in [0.1, 0.15) is 53.9 Å². The molecule has 0 aliphatic heterocycles. The van der Waals surface area contributed by atoms with Crippen LogP contribution in [0.4, 0.5) is 43.9 Å². The number of benzene rings is 2. The zero-order chi connectivity index (χ0) is 31.8. The van der Waals surface area contributed by atoms with Gasteiger partial charge in [0.25, 0.3) is 0 Å². The predicted octanol–water partition coefficient (Wildman–Crippen LogP) is 8.11. The summed E-state index contributed by atoms with van der Waals surface area (Å²) in [4.78, 5) is 0. The van der Waals surface area contributed by atoms with Crippen LogP contribution < -0.4 is 10.2 Å². The van der Waals surface area contributed by atoms with E-state index in [1.165, 1.54) is 35.1 Å². The van der Waals surface area contributed by atoms with Gasteiger partial charge in [0, 0.05) is 0 Å². The number of hydrogen-bond acceptors (Lipinski definition) is 2. The zero-order valence-electron chi connectivity index (χ0n) is 22.9. The van der Waals surface area contributed by atoms with E-state index in [0.717, 1.165) is 6.42 Å². The van der Waals surface area contributed by atoms with Crippen molar-refractivity contribution in [3.63, 3.8) is 0 Å². The maximum absolute atomic E-state index is 12.1. The molecule has 0 spiro atoms. The Labute approximate surface area is 255 Å². The average molecular weight is 686 g/mol. The third-order valence-corrected chi connectivity index (χ3v) is 5.86. The Morgan fingerprint density at radius 1 is 0.690 bits per heavy atom. The van der Waals surface area contributed by atoms with Gasteiger partial charge in [0.05, 0.1) is 0 Å². The Morgan fingerprint density at radius 2 is 1.05 bits per heavy atom. The van der Waals surface area contributed by atoms with E-state index < -0.39 is 69.7 Å². The molecule has 2 aliphatic carbocycles. The molecule has 0 heterocycles. The Kier molecular flexibility index (Phi) is 16.2. The van der Waals surface area contributed by atoms with Crippen LogP contribution in [0.2, 0.25) is 0 Å². The van der Waals surface area contributed by atoms with Crippen molar-refractivity contribution in [1.82, 2.24) is 0 Å². The molecule has 0 saturated heterocycles. The molecule has 0 amide bonds. The van der Waals surface area contributed by atoms with Gasteiger partial charge in [-0.15, -0.1) is 13.3 Å². The summed E-state index contributed by atoms with van der Waals surface area (Å²) in [6, 6.07) is 0. The maximum Gasteiger partial charge on any atom is 4.00 e. The van der Waals surface area contributed by atoms with Crippen LogP contribution >= 0.6 is 0 Å². The molecule has 0 saturated carbocycles. The Morgan fingerprint density at radius 3 is 1.26 bits per heavy atom. The molecular weight excluding hydrogens is 662 g/mol. The predicted molar refractivity (Wildman–Crippen MR) is 127 cm³/mol. The minimum atomic E-state index is -2.33. The van der Waals surface area contributed by atoms with Crippen molar-refractivity contribution in [3.8, 4) is 11.5 Å². The average Bonchev–Trinajstić information content (AvgIpc) is 3.55. The molecule has 1 unspecified atom stereocenters. The third-order valence-electron chi connectivity index (χ3n) is 5.86. The van der Waals surface area contributed by atoms with Crippen molar-refractivity contribution < 1.29 is 80.3 Å². The Hall–Kier alpha value is -2.82. The SMILES string of the molecule is CC1=[C-]C(C)C(C)=C1C.CCCC1=[C-]CC=C1.[O-]c1c(F)c(F)c(F)c(F)c1F.[O-]c1c(F)c(F)c(F)c(F)c1F.[Zr+4]. The second-order valence-electron chi connectivity index (χ2n) is 8.66. The van der Waals surface area contributed by atoms with Crippen LogP contribution in [0, 0.1) is 76.2 Å². The van der Waals surface area contributed by atoms with Gasteiger partial charge >= 0.3 is 26.2 Å². The maximum atomic E-state index is 12.1. The molecule has 0 fully saturated rings. The molecule has 2 nitrogen and oxygen atoms in total. The number of halogens is 10.